The smallest absolute Gasteiger partial charge is 0.254 e. The quantitative estimate of drug-likeness (QED) is 0.417. The second-order valence-electron chi connectivity index (χ2n) is 6.37. The van der Waals surface area contributed by atoms with E-state index in [4.69, 9.17) is 11.5 Å². The van der Waals surface area contributed by atoms with Gasteiger partial charge in [0, 0.05) is 48.8 Å². The number of anilines is 3. The van der Waals surface area contributed by atoms with Crippen molar-refractivity contribution < 1.29 is 13.6 Å². The molecule has 0 saturated heterocycles. The van der Waals surface area contributed by atoms with Crippen molar-refractivity contribution in [2.24, 2.45) is 11.5 Å². The summed E-state index contributed by atoms with van der Waals surface area (Å²) in [6.07, 6.45) is 1.57. The number of benzene rings is 1. The normalized spacial score (nSPS) is 11.9. The Bertz CT molecular complexity index is 1000. The number of halogens is 2. The molecule has 3 rings (SSSR count). The highest BCUT2D eigenvalue weighted by molar-refractivity contribution is 5.98. The summed E-state index contributed by atoms with van der Waals surface area (Å²) < 4.78 is 24.8. The molecular weight excluding hydrogens is 394 g/mol. The Morgan fingerprint density at radius 1 is 1.13 bits per heavy atom. The first-order valence-electron chi connectivity index (χ1n) is 9.01. The molecule has 9 nitrogen and oxygen atoms in total. The topological polar surface area (TPSA) is 145 Å². The van der Waals surface area contributed by atoms with Gasteiger partial charge in [0.15, 0.2) is 5.82 Å². The largest absolute Gasteiger partial charge is 0.365 e. The molecule has 0 spiro atoms. The molecular formula is C19H20F2N8O. The number of rotatable bonds is 9. The number of aromatic nitrogens is 4. The van der Waals surface area contributed by atoms with E-state index in [0.717, 1.165) is 5.56 Å². The summed E-state index contributed by atoms with van der Waals surface area (Å²) in [6.45, 7) is 0.0422. The molecule has 2 aromatic heterocycles. The van der Waals surface area contributed by atoms with Crippen molar-refractivity contribution in [2.45, 2.75) is 18.9 Å². The highest BCUT2D eigenvalue weighted by Gasteiger charge is 2.15. The molecule has 0 bridgehead atoms. The first-order valence-corrected chi connectivity index (χ1v) is 9.01. The van der Waals surface area contributed by atoms with Crippen LogP contribution in [0.2, 0.25) is 0 Å². The summed E-state index contributed by atoms with van der Waals surface area (Å²) in [7, 11) is 0. The number of hydrogen-bond acceptors (Lipinski definition) is 8. The second kappa shape index (κ2) is 9.65. The molecule has 1 aromatic carbocycles. The maximum absolute atomic E-state index is 12.4. The molecule has 0 aliphatic carbocycles. The van der Waals surface area contributed by atoms with Crippen LogP contribution in [0.3, 0.4) is 0 Å². The van der Waals surface area contributed by atoms with Gasteiger partial charge in [-0.3, -0.25) is 4.79 Å². The fraction of sp³-hybridized carbons (Fsp3) is 0.211. The molecule has 3 aromatic rings. The van der Waals surface area contributed by atoms with Crippen LogP contribution in [-0.4, -0.2) is 44.9 Å². The zero-order chi connectivity index (χ0) is 21.5. The Hall–Kier alpha value is -3.73. The van der Waals surface area contributed by atoms with Gasteiger partial charge in [-0.25, -0.2) is 23.7 Å². The average Bonchev–Trinajstić information content (AvgIpc) is 2.72. The van der Waals surface area contributed by atoms with E-state index in [9.17, 15) is 13.6 Å². The minimum Gasteiger partial charge on any atom is -0.365 e. The van der Waals surface area contributed by atoms with Crippen molar-refractivity contribution in [1.29, 1.82) is 0 Å². The fourth-order valence-corrected chi connectivity index (χ4v) is 2.60. The monoisotopic (exact) mass is 414 g/mol. The fourth-order valence-electron chi connectivity index (χ4n) is 2.60. The van der Waals surface area contributed by atoms with Gasteiger partial charge in [-0.05, 0) is 18.2 Å². The predicted molar refractivity (Wildman–Crippen MR) is 108 cm³/mol. The zero-order valence-corrected chi connectivity index (χ0v) is 15.8. The summed E-state index contributed by atoms with van der Waals surface area (Å²) >= 11 is 0. The van der Waals surface area contributed by atoms with Crippen molar-refractivity contribution in [3.05, 3.63) is 54.5 Å². The van der Waals surface area contributed by atoms with E-state index in [1.807, 2.05) is 6.07 Å². The summed E-state index contributed by atoms with van der Waals surface area (Å²) in [5, 5.41) is 5.81. The van der Waals surface area contributed by atoms with E-state index in [0.29, 0.717) is 11.5 Å². The van der Waals surface area contributed by atoms with Gasteiger partial charge in [0.1, 0.15) is 11.4 Å². The van der Waals surface area contributed by atoms with Crippen molar-refractivity contribution >= 4 is 23.4 Å². The van der Waals surface area contributed by atoms with Gasteiger partial charge >= 0.3 is 0 Å². The third kappa shape index (κ3) is 5.64. The third-order valence-electron chi connectivity index (χ3n) is 4.01. The SMILES string of the molecule is NC(=O)c1cnc(NCC(N)CC(F)F)nc1Nc1cccc(-c2ncccn2)c1. The van der Waals surface area contributed by atoms with Gasteiger partial charge in [0.05, 0.1) is 0 Å². The Morgan fingerprint density at radius 2 is 1.90 bits per heavy atom. The van der Waals surface area contributed by atoms with Gasteiger partial charge in [-0.1, -0.05) is 12.1 Å². The van der Waals surface area contributed by atoms with Crippen LogP contribution in [0.15, 0.2) is 48.9 Å². The average molecular weight is 414 g/mol. The Balaban J connectivity index is 1.81. The molecule has 30 heavy (non-hydrogen) atoms. The number of nitrogens with two attached hydrogens (primary N) is 2. The third-order valence-corrected chi connectivity index (χ3v) is 4.01. The molecule has 1 atom stereocenters. The first kappa shape index (κ1) is 21.0. The standard InChI is InChI=1S/C19H20F2N8O/c20-15(21)8-12(22)9-26-19-27-10-14(16(23)30)18(29-19)28-13-4-1-3-11(7-13)17-24-5-2-6-25-17/h1-7,10,12,15H,8-9,22H2,(H2,23,30)(H2,26,27,28,29). The highest BCUT2D eigenvalue weighted by atomic mass is 19.3. The first-order chi connectivity index (χ1) is 14.4. The van der Waals surface area contributed by atoms with E-state index in [-0.39, 0.29) is 23.9 Å². The van der Waals surface area contributed by atoms with Crippen LogP contribution < -0.4 is 22.1 Å². The minimum absolute atomic E-state index is 0.0422. The number of nitrogens with zero attached hydrogens (tertiary/aromatic N) is 4. The molecule has 2 heterocycles. The molecule has 0 aliphatic rings. The Labute approximate surface area is 171 Å². The van der Waals surface area contributed by atoms with Crippen molar-refractivity contribution in [3.8, 4) is 11.4 Å². The van der Waals surface area contributed by atoms with Crippen LogP contribution in [0.25, 0.3) is 11.4 Å². The van der Waals surface area contributed by atoms with Gasteiger partial charge in [-0.15, -0.1) is 0 Å². The number of nitrogens with one attached hydrogen (secondary N) is 2. The second-order valence-corrected chi connectivity index (χ2v) is 6.37. The molecule has 1 amide bonds. The zero-order valence-electron chi connectivity index (χ0n) is 15.8. The van der Waals surface area contributed by atoms with Crippen molar-refractivity contribution in [1.82, 2.24) is 19.9 Å². The van der Waals surface area contributed by atoms with Gasteiger partial charge in [-0.2, -0.15) is 4.98 Å². The van der Waals surface area contributed by atoms with Gasteiger partial charge in [0.25, 0.3) is 5.91 Å². The van der Waals surface area contributed by atoms with Crippen molar-refractivity contribution in [2.75, 3.05) is 17.2 Å². The number of hydrogen-bond donors (Lipinski definition) is 4. The molecule has 0 fully saturated rings. The van der Waals surface area contributed by atoms with E-state index < -0.39 is 24.8 Å². The van der Waals surface area contributed by atoms with Gasteiger partial charge < -0.3 is 22.1 Å². The van der Waals surface area contributed by atoms with E-state index in [1.165, 1.54) is 6.20 Å². The summed E-state index contributed by atoms with van der Waals surface area (Å²) in [5.74, 6) is 0.0960. The van der Waals surface area contributed by atoms with Crippen LogP contribution in [-0.2, 0) is 0 Å². The lowest BCUT2D eigenvalue weighted by atomic mass is 10.2. The van der Waals surface area contributed by atoms with Crippen LogP contribution in [0.5, 0.6) is 0 Å². The van der Waals surface area contributed by atoms with E-state index in [1.54, 1.807) is 36.7 Å². The number of carbonyl (C=O) groups excluding carboxylic acids is 1. The number of primary amides is 1. The maximum atomic E-state index is 12.4. The number of amides is 1. The van der Waals surface area contributed by atoms with Crippen molar-refractivity contribution in [3.63, 3.8) is 0 Å². The lowest BCUT2D eigenvalue weighted by Crippen LogP contribution is -2.31. The highest BCUT2D eigenvalue weighted by Crippen LogP contribution is 2.23. The molecule has 0 radical (unpaired) electrons. The molecule has 11 heteroatoms. The number of carbonyl (C=O) groups is 1. The van der Waals surface area contributed by atoms with Crippen LogP contribution >= 0.6 is 0 Å². The van der Waals surface area contributed by atoms with E-state index in [2.05, 4.69) is 30.6 Å². The number of alkyl halides is 2. The summed E-state index contributed by atoms with van der Waals surface area (Å²) in [6, 6.07) is 8.13. The Kier molecular flexibility index (Phi) is 6.75. The molecule has 6 N–H and O–H groups in total. The minimum atomic E-state index is -2.50. The summed E-state index contributed by atoms with van der Waals surface area (Å²) in [5.41, 5.74) is 12.5. The lowest BCUT2D eigenvalue weighted by Gasteiger charge is -2.14. The van der Waals surface area contributed by atoms with Gasteiger partial charge in [0.2, 0.25) is 12.4 Å². The molecule has 0 saturated carbocycles. The summed E-state index contributed by atoms with van der Waals surface area (Å²) in [4.78, 5) is 28.4. The van der Waals surface area contributed by atoms with Crippen LogP contribution in [0.1, 0.15) is 16.8 Å². The van der Waals surface area contributed by atoms with Crippen LogP contribution in [0.4, 0.5) is 26.2 Å². The Morgan fingerprint density at radius 3 is 2.60 bits per heavy atom. The molecule has 0 aliphatic heterocycles. The lowest BCUT2D eigenvalue weighted by molar-refractivity contribution is 0.100. The molecule has 1 unspecified atom stereocenters. The molecule has 156 valence electrons. The van der Waals surface area contributed by atoms with E-state index >= 15 is 0 Å². The predicted octanol–water partition coefficient (Wildman–Crippen LogP) is 2.17. The maximum Gasteiger partial charge on any atom is 0.254 e. The van der Waals surface area contributed by atoms with Crippen LogP contribution in [0, 0.1) is 0 Å².